The molecule has 8 heteroatoms. The predicted molar refractivity (Wildman–Crippen MR) is 128 cm³/mol. The molecule has 7 nitrogen and oxygen atoms in total. The van der Waals surface area contributed by atoms with E-state index in [9.17, 15) is 13.2 Å². The van der Waals surface area contributed by atoms with Crippen LogP contribution in [0, 0.1) is 6.92 Å². The first-order valence-electron chi connectivity index (χ1n) is 10.6. The van der Waals surface area contributed by atoms with Crippen LogP contribution in [0.3, 0.4) is 0 Å². The first kappa shape index (κ1) is 22.7. The molecule has 1 aliphatic rings. The third-order valence-electron chi connectivity index (χ3n) is 5.76. The maximum Gasteiger partial charge on any atom is 0.264 e. The molecule has 4 rings (SSSR count). The summed E-state index contributed by atoms with van der Waals surface area (Å²) in [4.78, 5) is 14.3. The second-order valence-corrected chi connectivity index (χ2v) is 9.68. The van der Waals surface area contributed by atoms with Crippen molar-refractivity contribution in [2.75, 3.05) is 36.5 Å². The molecule has 1 heterocycles. The van der Waals surface area contributed by atoms with Gasteiger partial charge in [-0.1, -0.05) is 18.2 Å². The highest BCUT2D eigenvalue weighted by Crippen LogP contribution is 2.33. The maximum atomic E-state index is 13.2. The molecule has 0 unspecified atom stereocenters. The van der Waals surface area contributed by atoms with E-state index in [4.69, 9.17) is 9.47 Å². The Morgan fingerprint density at radius 3 is 2.48 bits per heavy atom. The van der Waals surface area contributed by atoms with Gasteiger partial charge in [0.05, 0.1) is 17.7 Å². The molecular formula is C25H26N2O5S. The number of likely N-dealkylation sites (N-methyl/N-ethyl adjacent to an activating group) is 1. The van der Waals surface area contributed by atoms with Gasteiger partial charge < -0.3 is 14.4 Å². The van der Waals surface area contributed by atoms with Crippen LogP contribution in [-0.4, -0.2) is 41.6 Å². The molecule has 172 valence electrons. The molecule has 1 aliphatic heterocycles. The van der Waals surface area contributed by atoms with Crippen LogP contribution in [0.1, 0.15) is 11.1 Å². The SMILES string of the molecule is COc1ccc(N(C)C(=O)COc2ccc(S(=O)(=O)N3CCc4ccccc43)cc2C)cc1. The zero-order chi connectivity index (χ0) is 23.6. The Bertz CT molecular complexity index is 1270. The molecule has 0 N–H and O–H groups in total. The zero-order valence-corrected chi connectivity index (χ0v) is 19.6. The van der Waals surface area contributed by atoms with Crippen LogP contribution in [0.4, 0.5) is 11.4 Å². The second kappa shape index (κ2) is 9.15. The summed E-state index contributed by atoms with van der Waals surface area (Å²) in [6.45, 7) is 2.02. The van der Waals surface area contributed by atoms with Crippen molar-refractivity contribution in [1.29, 1.82) is 0 Å². The average molecular weight is 467 g/mol. The number of aryl methyl sites for hydroxylation is 1. The molecule has 3 aromatic rings. The van der Waals surface area contributed by atoms with Crippen molar-refractivity contribution in [2.24, 2.45) is 0 Å². The number of methoxy groups -OCH3 is 1. The standard InChI is InChI=1S/C25H26N2O5S/c1-18-16-22(33(29,30)27-15-14-19-6-4-5-7-23(19)27)12-13-24(18)32-17-25(28)26(2)20-8-10-21(31-3)11-9-20/h4-13,16H,14-15,17H2,1-3H3. The topological polar surface area (TPSA) is 76.1 Å². The van der Waals surface area contributed by atoms with Crippen molar-refractivity contribution < 1.29 is 22.7 Å². The van der Waals surface area contributed by atoms with Gasteiger partial charge in [-0.2, -0.15) is 0 Å². The summed E-state index contributed by atoms with van der Waals surface area (Å²) in [6.07, 6.45) is 0.694. The monoisotopic (exact) mass is 466 g/mol. The number of benzene rings is 3. The lowest BCUT2D eigenvalue weighted by atomic mass is 10.2. The third kappa shape index (κ3) is 4.52. The van der Waals surface area contributed by atoms with E-state index >= 15 is 0 Å². The van der Waals surface area contributed by atoms with Crippen LogP contribution in [-0.2, 0) is 21.2 Å². The van der Waals surface area contributed by atoms with Gasteiger partial charge in [-0.15, -0.1) is 0 Å². The highest BCUT2D eigenvalue weighted by molar-refractivity contribution is 7.92. The predicted octanol–water partition coefficient (Wildman–Crippen LogP) is 3.80. The smallest absolute Gasteiger partial charge is 0.264 e. The quantitative estimate of drug-likeness (QED) is 0.530. The Morgan fingerprint density at radius 2 is 1.79 bits per heavy atom. The molecule has 0 bridgehead atoms. The number of ether oxygens (including phenoxy) is 2. The van der Waals surface area contributed by atoms with Gasteiger partial charge in [0.15, 0.2) is 6.61 Å². The van der Waals surface area contributed by atoms with Gasteiger partial charge in [-0.05, 0) is 73.0 Å². The summed E-state index contributed by atoms with van der Waals surface area (Å²) in [5, 5.41) is 0. The summed E-state index contributed by atoms with van der Waals surface area (Å²) in [6, 6.07) is 19.4. The first-order chi connectivity index (χ1) is 15.8. The van der Waals surface area contributed by atoms with E-state index in [2.05, 4.69) is 0 Å². The number of rotatable bonds is 7. The summed E-state index contributed by atoms with van der Waals surface area (Å²) >= 11 is 0. The van der Waals surface area contributed by atoms with E-state index in [1.165, 1.54) is 15.3 Å². The summed E-state index contributed by atoms with van der Waals surface area (Å²) < 4.78 is 38.8. The van der Waals surface area contributed by atoms with Gasteiger partial charge in [0.25, 0.3) is 15.9 Å². The number of nitrogens with zero attached hydrogens (tertiary/aromatic N) is 2. The molecule has 0 aromatic heterocycles. The van der Waals surface area contributed by atoms with E-state index in [1.807, 2.05) is 24.3 Å². The van der Waals surface area contributed by atoms with Crippen LogP contribution < -0.4 is 18.7 Å². The molecule has 0 aliphatic carbocycles. The van der Waals surface area contributed by atoms with Crippen LogP contribution in [0.5, 0.6) is 11.5 Å². The highest BCUT2D eigenvalue weighted by Gasteiger charge is 2.30. The van der Waals surface area contributed by atoms with Gasteiger partial charge in [-0.25, -0.2) is 8.42 Å². The lowest BCUT2D eigenvalue weighted by molar-refractivity contribution is -0.120. The molecule has 0 radical (unpaired) electrons. The van der Waals surface area contributed by atoms with Crippen LogP contribution in [0.15, 0.2) is 71.6 Å². The molecule has 0 spiro atoms. The normalized spacial score (nSPS) is 12.9. The fraction of sp³-hybridized carbons (Fsp3) is 0.240. The minimum Gasteiger partial charge on any atom is -0.497 e. The number of para-hydroxylation sites is 1. The Balaban J connectivity index is 1.45. The number of anilines is 2. The maximum absolute atomic E-state index is 13.2. The Labute approximate surface area is 194 Å². The zero-order valence-electron chi connectivity index (χ0n) is 18.8. The molecule has 1 amide bonds. The van der Waals surface area contributed by atoms with Crippen LogP contribution >= 0.6 is 0 Å². The fourth-order valence-electron chi connectivity index (χ4n) is 3.82. The number of hydrogen-bond acceptors (Lipinski definition) is 5. The fourth-order valence-corrected chi connectivity index (χ4v) is 5.40. The van der Waals surface area contributed by atoms with Crippen molar-refractivity contribution >= 4 is 27.3 Å². The first-order valence-corrected chi connectivity index (χ1v) is 12.0. The molecule has 0 atom stereocenters. The number of sulfonamides is 1. The van der Waals surface area contributed by atoms with Crippen molar-refractivity contribution in [3.8, 4) is 11.5 Å². The molecule has 0 saturated heterocycles. The third-order valence-corrected chi connectivity index (χ3v) is 7.57. The summed E-state index contributed by atoms with van der Waals surface area (Å²) in [5.41, 5.74) is 3.11. The van der Waals surface area contributed by atoms with Gasteiger partial charge in [0.2, 0.25) is 0 Å². The van der Waals surface area contributed by atoms with E-state index in [-0.39, 0.29) is 17.4 Å². The highest BCUT2D eigenvalue weighted by atomic mass is 32.2. The van der Waals surface area contributed by atoms with Gasteiger partial charge >= 0.3 is 0 Å². The number of carbonyl (C=O) groups excluding carboxylic acids is 1. The van der Waals surface area contributed by atoms with Crippen molar-refractivity contribution in [2.45, 2.75) is 18.2 Å². The lowest BCUT2D eigenvalue weighted by Crippen LogP contribution is -2.31. The van der Waals surface area contributed by atoms with Gasteiger partial charge in [-0.3, -0.25) is 9.10 Å². The van der Waals surface area contributed by atoms with Crippen molar-refractivity contribution in [3.63, 3.8) is 0 Å². The molecule has 0 saturated carbocycles. The van der Waals surface area contributed by atoms with E-state index in [0.717, 1.165) is 11.3 Å². The Morgan fingerprint density at radius 1 is 1.06 bits per heavy atom. The van der Waals surface area contributed by atoms with Crippen molar-refractivity contribution in [3.05, 3.63) is 77.9 Å². The summed E-state index contributed by atoms with van der Waals surface area (Å²) in [7, 11) is -0.431. The summed E-state index contributed by atoms with van der Waals surface area (Å²) in [5.74, 6) is 0.941. The van der Waals surface area contributed by atoms with Crippen LogP contribution in [0.2, 0.25) is 0 Å². The van der Waals surface area contributed by atoms with E-state index in [0.29, 0.717) is 35.7 Å². The molecule has 3 aromatic carbocycles. The number of fused-ring (bicyclic) bond motifs is 1. The van der Waals surface area contributed by atoms with E-state index in [1.54, 1.807) is 57.5 Å². The molecule has 0 fully saturated rings. The Hall–Kier alpha value is -3.52. The van der Waals surface area contributed by atoms with Gasteiger partial charge in [0, 0.05) is 19.3 Å². The number of hydrogen-bond donors (Lipinski definition) is 0. The van der Waals surface area contributed by atoms with E-state index < -0.39 is 10.0 Å². The molecular weight excluding hydrogens is 440 g/mol. The minimum atomic E-state index is -3.69. The Kier molecular flexibility index (Phi) is 6.29. The molecule has 33 heavy (non-hydrogen) atoms. The van der Waals surface area contributed by atoms with Crippen molar-refractivity contribution in [1.82, 2.24) is 0 Å². The average Bonchev–Trinajstić information content (AvgIpc) is 3.27. The number of amides is 1. The second-order valence-electron chi connectivity index (χ2n) is 7.82. The minimum absolute atomic E-state index is 0.172. The largest absolute Gasteiger partial charge is 0.497 e. The van der Waals surface area contributed by atoms with Crippen LogP contribution in [0.25, 0.3) is 0 Å². The number of carbonyl (C=O) groups is 1. The lowest BCUT2D eigenvalue weighted by Gasteiger charge is -2.21. The van der Waals surface area contributed by atoms with Gasteiger partial charge in [0.1, 0.15) is 11.5 Å².